The molecule has 0 aromatic heterocycles. The van der Waals surface area contributed by atoms with E-state index in [9.17, 15) is 9.90 Å². The second kappa shape index (κ2) is 5.92. The van der Waals surface area contributed by atoms with Gasteiger partial charge in [-0.2, -0.15) is 0 Å². The van der Waals surface area contributed by atoms with Gasteiger partial charge in [-0.25, -0.2) is 0 Å². The number of carboxylic acids is 1. The zero-order valence-electron chi connectivity index (χ0n) is 10.5. The number of halogens is 2. The van der Waals surface area contributed by atoms with E-state index in [4.69, 9.17) is 23.2 Å². The van der Waals surface area contributed by atoms with E-state index in [1.165, 1.54) is 11.8 Å². The van der Waals surface area contributed by atoms with Gasteiger partial charge in [0, 0.05) is 16.7 Å². The number of nitrogens with one attached hydrogen (secondary N) is 1. The first-order valence-corrected chi connectivity index (χ1v) is 7.74. The SMILES string of the molecule is CC(CSc1ccc(Cl)c(Cl)c1)(NC1CC1)C(=O)O. The fraction of sp³-hybridized carbons (Fsp3) is 0.462. The highest BCUT2D eigenvalue weighted by Crippen LogP contribution is 2.31. The van der Waals surface area contributed by atoms with E-state index < -0.39 is 11.5 Å². The van der Waals surface area contributed by atoms with Crippen LogP contribution in [0.25, 0.3) is 0 Å². The predicted molar refractivity (Wildman–Crippen MR) is 79.4 cm³/mol. The molecule has 0 spiro atoms. The van der Waals surface area contributed by atoms with Gasteiger partial charge in [-0.1, -0.05) is 23.2 Å². The normalized spacial score (nSPS) is 18.1. The minimum Gasteiger partial charge on any atom is -0.480 e. The van der Waals surface area contributed by atoms with Crippen molar-refractivity contribution in [2.24, 2.45) is 0 Å². The van der Waals surface area contributed by atoms with Crippen LogP contribution in [0.1, 0.15) is 19.8 Å². The Morgan fingerprint density at radius 1 is 1.47 bits per heavy atom. The molecule has 1 aromatic rings. The molecule has 0 heterocycles. The number of rotatable bonds is 6. The fourth-order valence-corrected chi connectivity index (χ4v) is 3.03. The lowest BCUT2D eigenvalue weighted by atomic mass is 10.1. The van der Waals surface area contributed by atoms with Crippen LogP contribution in [-0.2, 0) is 4.79 Å². The summed E-state index contributed by atoms with van der Waals surface area (Å²) in [4.78, 5) is 12.3. The Balaban J connectivity index is 2.01. The molecule has 1 saturated carbocycles. The molecule has 3 nitrogen and oxygen atoms in total. The van der Waals surface area contributed by atoms with E-state index in [1.54, 1.807) is 19.1 Å². The molecule has 6 heteroatoms. The molecule has 0 radical (unpaired) electrons. The summed E-state index contributed by atoms with van der Waals surface area (Å²) in [6, 6.07) is 5.67. The third-order valence-corrected chi connectivity index (χ3v) is 5.04. The van der Waals surface area contributed by atoms with Gasteiger partial charge in [-0.15, -0.1) is 11.8 Å². The maximum absolute atomic E-state index is 11.4. The molecule has 0 aliphatic heterocycles. The van der Waals surface area contributed by atoms with E-state index in [0.29, 0.717) is 21.8 Å². The summed E-state index contributed by atoms with van der Waals surface area (Å²) in [7, 11) is 0. The van der Waals surface area contributed by atoms with Crippen LogP contribution in [0.2, 0.25) is 10.0 Å². The largest absolute Gasteiger partial charge is 0.480 e. The molecule has 19 heavy (non-hydrogen) atoms. The van der Waals surface area contributed by atoms with Gasteiger partial charge in [0.15, 0.2) is 0 Å². The zero-order valence-corrected chi connectivity index (χ0v) is 12.8. The van der Waals surface area contributed by atoms with Crippen molar-refractivity contribution in [3.05, 3.63) is 28.2 Å². The molecule has 2 N–H and O–H groups in total. The number of hydrogen-bond donors (Lipinski definition) is 2. The molecule has 2 rings (SSSR count). The average Bonchev–Trinajstić information content (AvgIpc) is 3.14. The zero-order chi connectivity index (χ0) is 14.0. The first kappa shape index (κ1) is 15.0. The number of aliphatic carboxylic acids is 1. The summed E-state index contributed by atoms with van der Waals surface area (Å²) >= 11 is 13.3. The molecule has 104 valence electrons. The van der Waals surface area contributed by atoms with Crippen LogP contribution in [0.15, 0.2) is 23.1 Å². The van der Waals surface area contributed by atoms with Crippen LogP contribution < -0.4 is 5.32 Å². The fourth-order valence-electron chi connectivity index (χ4n) is 1.64. The highest BCUT2D eigenvalue weighted by Gasteiger charge is 2.38. The molecular formula is C13H15Cl2NO2S. The van der Waals surface area contributed by atoms with Gasteiger partial charge in [0.25, 0.3) is 0 Å². The first-order chi connectivity index (χ1) is 8.90. The summed E-state index contributed by atoms with van der Waals surface area (Å²) in [6.07, 6.45) is 2.11. The molecule has 1 aliphatic rings. The molecule has 0 amide bonds. The van der Waals surface area contributed by atoms with Crippen molar-refractivity contribution in [2.75, 3.05) is 5.75 Å². The Kier molecular flexibility index (Phi) is 4.66. The topological polar surface area (TPSA) is 49.3 Å². The van der Waals surface area contributed by atoms with Crippen molar-refractivity contribution in [1.82, 2.24) is 5.32 Å². The number of thioether (sulfide) groups is 1. The minimum absolute atomic E-state index is 0.343. The van der Waals surface area contributed by atoms with Crippen LogP contribution in [0.4, 0.5) is 0 Å². The molecule has 0 saturated heterocycles. The van der Waals surface area contributed by atoms with E-state index in [-0.39, 0.29) is 0 Å². The van der Waals surface area contributed by atoms with Crippen molar-refractivity contribution < 1.29 is 9.90 Å². The Bertz CT molecular complexity index is 494. The molecule has 1 atom stereocenters. The number of carboxylic acid groups (broad SMARTS) is 1. The Hall–Kier alpha value is -0.420. The molecular weight excluding hydrogens is 305 g/mol. The summed E-state index contributed by atoms with van der Waals surface area (Å²) in [5.74, 6) is -0.386. The van der Waals surface area contributed by atoms with Crippen LogP contribution in [0.5, 0.6) is 0 Å². The third kappa shape index (κ3) is 4.02. The van der Waals surface area contributed by atoms with Gasteiger partial charge in [-0.05, 0) is 38.0 Å². The van der Waals surface area contributed by atoms with E-state index in [0.717, 1.165) is 17.7 Å². The van der Waals surface area contributed by atoms with Gasteiger partial charge >= 0.3 is 5.97 Å². The molecule has 1 aromatic carbocycles. The smallest absolute Gasteiger partial charge is 0.324 e. The van der Waals surface area contributed by atoms with Crippen molar-refractivity contribution >= 4 is 40.9 Å². The van der Waals surface area contributed by atoms with Gasteiger partial charge in [0.1, 0.15) is 5.54 Å². The molecule has 1 fully saturated rings. The Labute approximate surface area is 126 Å². The van der Waals surface area contributed by atoms with Crippen LogP contribution in [0.3, 0.4) is 0 Å². The lowest BCUT2D eigenvalue weighted by Crippen LogP contribution is -2.52. The molecule has 0 bridgehead atoms. The number of hydrogen-bond acceptors (Lipinski definition) is 3. The van der Waals surface area contributed by atoms with Gasteiger partial charge < -0.3 is 5.11 Å². The number of carbonyl (C=O) groups is 1. The van der Waals surface area contributed by atoms with Gasteiger partial charge in [-0.3, -0.25) is 10.1 Å². The van der Waals surface area contributed by atoms with Crippen LogP contribution in [-0.4, -0.2) is 28.4 Å². The lowest BCUT2D eigenvalue weighted by Gasteiger charge is -2.26. The monoisotopic (exact) mass is 319 g/mol. The third-order valence-electron chi connectivity index (χ3n) is 2.99. The van der Waals surface area contributed by atoms with Gasteiger partial charge in [0.05, 0.1) is 10.0 Å². The Morgan fingerprint density at radius 2 is 2.16 bits per heavy atom. The van der Waals surface area contributed by atoms with Gasteiger partial charge in [0.2, 0.25) is 0 Å². The lowest BCUT2D eigenvalue weighted by molar-refractivity contribution is -0.143. The minimum atomic E-state index is -0.919. The maximum Gasteiger partial charge on any atom is 0.324 e. The molecule has 1 aliphatic carbocycles. The average molecular weight is 320 g/mol. The van der Waals surface area contributed by atoms with Crippen LogP contribution >= 0.6 is 35.0 Å². The predicted octanol–water partition coefficient (Wildman–Crippen LogP) is 3.68. The highest BCUT2D eigenvalue weighted by molar-refractivity contribution is 7.99. The van der Waals surface area contributed by atoms with Crippen molar-refractivity contribution in [3.63, 3.8) is 0 Å². The van der Waals surface area contributed by atoms with Crippen molar-refractivity contribution in [3.8, 4) is 0 Å². The quantitative estimate of drug-likeness (QED) is 0.785. The van der Waals surface area contributed by atoms with E-state index in [2.05, 4.69) is 5.32 Å². The highest BCUT2D eigenvalue weighted by atomic mass is 35.5. The standard InChI is InChI=1S/C13H15Cl2NO2S/c1-13(12(17)18,16-8-2-3-8)7-19-9-4-5-10(14)11(15)6-9/h4-6,8,16H,2-3,7H2,1H3,(H,17,18). The van der Waals surface area contributed by atoms with E-state index in [1.807, 2.05) is 6.07 Å². The van der Waals surface area contributed by atoms with Crippen molar-refractivity contribution in [1.29, 1.82) is 0 Å². The summed E-state index contributed by atoms with van der Waals surface area (Å²) in [5.41, 5.74) is -0.919. The van der Waals surface area contributed by atoms with Crippen molar-refractivity contribution in [2.45, 2.75) is 36.2 Å². The van der Waals surface area contributed by atoms with Crippen LogP contribution in [0, 0.1) is 0 Å². The van der Waals surface area contributed by atoms with E-state index >= 15 is 0 Å². The second-order valence-corrected chi connectivity index (χ2v) is 6.78. The maximum atomic E-state index is 11.4. The Morgan fingerprint density at radius 3 is 2.68 bits per heavy atom. The molecule has 1 unspecified atom stereocenters. The number of benzene rings is 1. The summed E-state index contributed by atoms with van der Waals surface area (Å²) in [6.45, 7) is 1.72. The summed E-state index contributed by atoms with van der Waals surface area (Å²) < 4.78 is 0. The summed E-state index contributed by atoms with van der Waals surface area (Å²) in [5, 5.41) is 13.5. The second-order valence-electron chi connectivity index (χ2n) is 4.92. The first-order valence-electron chi connectivity index (χ1n) is 6.00.